The number of alkyl carbamates (subject to hydrolysis) is 1. The zero-order valence-electron chi connectivity index (χ0n) is 45.9. The van der Waals surface area contributed by atoms with Gasteiger partial charge in [-0.2, -0.15) is 0 Å². The number of ether oxygens (including phenoxy) is 1. The second-order valence-electron chi connectivity index (χ2n) is 21.2. The van der Waals surface area contributed by atoms with Gasteiger partial charge in [0.05, 0.1) is 21.2 Å². The molecule has 4 heterocycles. The number of carbonyl (C=O) groups excluding carboxylic acids is 1. The molecular formula is C60H58F6N10O6S2. The fourth-order valence-electron chi connectivity index (χ4n) is 10.6. The van der Waals surface area contributed by atoms with Gasteiger partial charge in [0.15, 0.2) is 46.6 Å². The summed E-state index contributed by atoms with van der Waals surface area (Å²) in [7, 11) is -8.60. The lowest BCUT2D eigenvalue weighted by Gasteiger charge is -2.30. The number of hydrogen-bond donors (Lipinski definition) is 4. The van der Waals surface area contributed by atoms with E-state index in [0.717, 1.165) is 74.8 Å². The van der Waals surface area contributed by atoms with Crippen LogP contribution in [0.3, 0.4) is 0 Å². The lowest BCUT2D eigenvalue weighted by Crippen LogP contribution is -2.42. The first-order valence-corrected chi connectivity index (χ1v) is 29.9. The molecular weight excluding hydrogens is 1130 g/mol. The number of benzene rings is 5. The molecule has 9 aromatic rings. The number of anilines is 2. The predicted octanol–water partition coefficient (Wildman–Crippen LogP) is 12.1. The van der Waals surface area contributed by atoms with Crippen molar-refractivity contribution in [2.24, 2.45) is 5.73 Å². The van der Waals surface area contributed by atoms with Crippen LogP contribution in [0.1, 0.15) is 79.4 Å². The highest BCUT2D eigenvalue weighted by Gasteiger charge is 2.31. The molecule has 0 unspecified atom stereocenters. The monoisotopic (exact) mass is 1190 g/mol. The molecule has 0 spiro atoms. The fraction of sp³-hybridized carbons (Fsp3) is 0.283. The third-order valence-corrected chi connectivity index (χ3v) is 18.2. The van der Waals surface area contributed by atoms with Gasteiger partial charge in [0.2, 0.25) is 0 Å². The van der Waals surface area contributed by atoms with Gasteiger partial charge in [0.1, 0.15) is 29.3 Å². The first kappa shape index (κ1) is 58.8. The number of nitrogens with one attached hydrogen (secondary N) is 3. The largest absolute Gasteiger partial charge is 0.445 e. The quantitative estimate of drug-likeness (QED) is 0.0791. The first-order valence-electron chi connectivity index (χ1n) is 27.0. The Kier molecular flexibility index (Phi) is 16.9. The van der Waals surface area contributed by atoms with Crippen LogP contribution in [0.4, 0.5) is 42.8 Å². The molecule has 4 atom stereocenters. The van der Waals surface area contributed by atoms with Crippen molar-refractivity contribution in [1.82, 2.24) is 33.2 Å². The summed E-state index contributed by atoms with van der Waals surface area (Å²) in [5, 5.41) is 8.93. The number of carbonyl (C=O) groups is 1. The maximum Gasteiger partial charge on any atom is 0.407 e. The van der Waals surface area contributed by atoms with Gasteiger partial charge in [-0.3, -0.25) is 0 Å². The Bertz CT molecular complexity index is 4190. The molecule has 1 amide bonds. The molecule has 16 nitrogen and oxygen atoms in total. The van der Waals surface area contributed by atoms with E-state index in [1.54, 1.807) is 31.2 Å². The molecule has 0 bridgehead atoms. The van der Waals surface area contributed by atoms with Gasteiger partial charge in [-0.1, -0.05) is 65.7 Å². The number of fused-ring (bicyclic) bond motifs is 2. The minimum atomic E-state index is -4.33. The topological polar surface area (TPSA) is 218 Å². The summed E-state index contributed by atoms with van der Waals surface area (Å²) in [6, 6.07) is 24.0. The Hall–Kier alpha value is -8.35. The molecule has 84 heavy (non-hydrogen) atoms. The van der Waals surface area contributed by atoms with E-state index in [0.29, 0.717) is 37.8 Å². The summed E-state index contributed by atoms with van der Waals surface area (Å²) >= 11 is 0. The van der Waals surface area contributed by atoms with Gasteiger partial charge in [-0.25, -0.2) is 75.9 Å². The van der Waals surface area contributed by atoms with Crippen molar-refractivity contribution in [3.63, 3.8) is 0 Å². The number of halogens is 6. The Balaban J connectivity index is 0.000000193. The van der Waals surface area contributed by atoms with E-state index >= 15 is 17.6 Å². The van der Waals surface area contributed by atoms with Crippen LogP contribution in [0.15, 0.2) is 125 Å². The van der Waals surface area contributed by atoms with Gasteiger partial charge >= 0.3 is 6.09 Å². The van der Waals surface area contributed by atoms with Crippen molar-refractivity contribution in [2.45, 2.75) is 120 Å². The molecule has 24 heteroatoms. The van der Waals surface area contributed by atoms with Crippen molar-refractivity contribution >= 4 is 59.6 Å². The maximum absolute atomic E-state index is 15.4. The van der Waals surface area contributed by atoms with E-state index < -0.39 is 61.0 Å². The standard InChI is InChI=1S/C34H32F3N5O4S.C26H26F3N5O2S/c1-20-11-13-26(14-12-20)47(44,45)42-18-28(27-15-23(35)16-29(36)31(27)42)32-38-21(2)30(37)33(41-32)39-24-9-6-10-25(17-24)40-34(43)46-19-22-7-4-3-5-8-22;1-14-6-8-19(9-7-14)37(35,36)34-13-21(20-10-16(27)11-22(28)24(20)34)25-31-15(2)23(29)26(33-25)32-18-5-3-4-17(30)12-18/h3-5,7-8,11-16,18,24-25H,6,9-10,17,19H2,1-2H3,(H,40,43)(H,38,39,41);6-11,13,17-18H,3-5,12,30H2,1-2H3,(H,31,32,33)/t24-,25+;17-,18+/m10/s1. The average Bonchev–Trinajstić information content (AvgIpc) is 1.78. The number of nitrogens with two attached hydrogens (primary N) is 1. The highest BCUT2D eigenvalue weighted by Crippen LogP contribution is 2.38. The minimum Gasteiger partial charge on any atom is -0.445 e. The van der Waals surface area contributed by atoms with Gasteiger partial charge in [0.25, 0.3) is 20.0 Å². The average molecular weight is 1190 g/mol. The molecule has 4 aromatic heterocycles. The third-order valence-electron chi connectivity index (χ3n) is 14.8. The van der Waals surface area contributed by atoms with Crippen molar-refractivity contribution in [1.29, 1.82) is 0 Å². The van der Waals surface area contributed by atoms with Gasteiger partial charge in [0, 0.05) is 70.6 Å². The number of nitrogens with zero attached hydrogens (tertiary/aromatic N) is 6. The zero-order chi connectivity index (χ0) is 59.8. The van der Waals surface area contributed by atoms with Gasteiger partial charge < -0.3 is 26.4 Å². The lowest BCUT2D eigenvalue weighted by atomic mass is 9.91. The molecule has 0 saturated heterocycles. The van der Waals surface area contributed by atoms with E-state index in [9.17, 15) is 30.4 Å². The van der Waals surface area contributed by atoms with Crippen molar-refractivity contribution < 1.29 is 52.7 Å². The molecule has 2 aliphatic carbocycles. The summed E-state index contributed by atoms with van der Waals surface area (Å²) < 4.78 is 151. The fourth-order valence-corrected chi connectivity index (χ4v) is 13.3. The van der Waals surface area contributed by atoms with Crippen LogP contribution in [0, 0.1) is 62.6 Å². The van der Waals surface area contributed by atoms with Crippen LogP contribution >= 0.6 is 0 Å². The Labute approximate surface area is 480 Å². The number of aryl methyl sites for hydroxylation is 4. The van der Waals surface area contributed by atoms with Crippen LogP contribution in [-0.2, 0) is 31.4 Å². The van der Waals surface area contributed by atoms with Crippen molar-refractivity contribution in [3.8, 4) is 22.8 Å². The normalized spacial score (nSPS) is 17.4. The summed E-state index contributed by atoms with van der Waals surface area (Å²) in [6.45, 7) is 6.60. The lowest BCUT2D eigenvalue weighted by molar-refractivity contribution is 0.132. The maximum atomic E-state index is 15.4. The van der Waals surface area contributed by atoms with Crippen LogP contribution < -0.4 is 21.7 Å². The zero-order valence-corrected chi connectivity index (χ0v) is 47.6. The number of amides is 1. The summed E-state index contributed by atoms with van der Waals surface area (Å²) in [6.07, 6.45) is 7.50. The number of hydrogen-bond acceptors (Lipinski definition) is 13. The number of aromatic nitrogens is 6. The van der Waals surface area contributed by atoms with Crippen LogP contribution in [0.5, 0.6) is 0 Å². The Morgan fingerprint density at radius 3 is 1.49 bits per heavy atom. The second-order valence-corrected chi connectivity index (χ2v) is 24.8. The highest BCUT2D eigenvalue weighted by molar-refractivity contribution is 7.90. The van der Waals surface area contributed by atoms with Crippen LogP contribution in [0.2, 0.25) is 0 Å². The van der Waals surface area contributed by atoms with Crippen LogP contribution in [-0.4, -0.2) is 75.0 Å². The van der Waals surface area contributed by atoms with Gasteiger partial charge in [-0.05, 0) is 121 Å². The molecule has 2 fully saturated rings. The van der Waals surface area contributed by atoms with E-state index in [2.05, 4.69) is 35.9 Å². The molecule has 2 aliphatic rings. The summed E-state index contributed by atoms with van der Waals surface area (Å²) in [5.74, 6) is -5.76. The number of rotatable bonds is 13. The summed E-state index contributed by atoms with van der Waals surface area (Å²) in [4.78, 5) is 29.4. The molecule has 0 radical (unpaired) electrons. The molecule has 5 aromatic carbocycles. The van der Waals surface area contributed by atoms with E-state index in [1.165, 1.54) is 38.1 Å². The van der Waals surface area contributed by atoms with Crippen molar-refractivity contribution in [2.75, 3.05) is 10.6 Å². The van der Waals surface area contributed by atoms with Gasteiger partial charge in [-0.15, -0.1) is 0 Å². The van der Waals surface area contributed by atoms with E-state index in [-0.39, 0.29) is 108 Å². The van der Waals surface area contributed by atoms with E-state index in [4.69, 9.17) is 10.5 Å². The SMILES string of the molecule is Cc1ccc(S(=O)(=O)n2cc(-c3nc(C)c(F)c(N[C@@H]4CCC[C@H](N)C4)n3)c3cc(F)cc(F)c32)cc1.Cc1ccc(S(=O)(=O)n2cc(-c3nc(C)c(F)c(N[C@@H]4CCC[C@H](NC(=O)OCc5ccccc5)C4)n3)c3cc(F)cc(F)c32)cc1. The Morgan fingerprint density at radius 2 is 1.02 bits per heavy atom. The highest BCUT2D eigenvalue weighted by atomic mass is 32.2. The molecule has 5 N–H and O–H groups in total. The predicted molar refractivity (Wildman–Crippen MR) is 306 cm³/mol. The summed E-state index contributed by atoms with van der Waals surface area (Å²) in [5.41, 5.74) is 7.87. The Morgan fingerprint density at radius 1 is 0.583 bits per heavy atom. The minimum absolute atomic E-state index is 0.00425. The molecule has 0 aliphatic heterocycles. The molecule has 2 saturated carbocycles. The molecule has 438 valence electrons. The second kappa shape index (κ2) is 24.1. The smallest absolute Gasteiger partial charge is 0.407 e. The third kappa shape index (κ3) is 12.5. The van der Waals surface area contributed by atoms with E-state index in [1.807, 2.05) is 37.3 Å². The first-order chi connectivity index (χ1) is 40.0. The van der Waals surface area contributed by atoms with Crippen LogP contribution in [0.25, 0.3) is 44.6 Å². The molecule has 11 rings (SSSR count). The van der Waals surface area contributed by atoms with Crippen molar-refractivity contribution in [3.05, 3.63) is 179 Å².